The van der Waals surface area contributed by atoms with E-state index >= 15 is 0 Å². The van der Waals surface area contributed by atoms with E-state index in [-0.39, 0.29) is 5.69 Å². The molecule has 0 amide bonds. The van der Waals surface area contributed by atoms with Gasteiger partial charge in [0, 0.05) is 18.4 Å². The molecule has 1 aromatic rings. The van der Waals surface area contributed by atoms with Gasteiger partial charge in [-0.1, -0.05) is 13.8 Å². The minimum absolute atomic E-state index is 0.00120. The largest absolute Gasteiger partial charge is 0.325 e. The number of nitrogens with one attached hydrogen (secondary N) is 1. The first-order valence-corrected chi connectivity index (χ1v) is 3.97. The lowest BCUT2D eigenvalue weighted by Crippen LogP contribution is -2.13. The fourth-order valence-corrected chi connectivity index (χ4v) is 1.35. The zero-order valence-corrected chi connectivity index (χ0v) is 7.27. The number of hydrogen-bond donors (Lipinski definition) is 1. The standard InChI is InChI=1S/C8H14N2O/c1-4-6-7(5-2)10(3)8(11)9-6/h4-5H2,1-3H3,(H,9,11). The molecule has 0 unspecified atom stereocenters. The molecule has 1 N–H and O–H groups in total. The Morgan fingerprint density at radius 2 is 2.00 bits per heavy atom. The summed E-state index contributed by atoms with van der Waals surface area (Å²) in [6, 6.07) is 0. The molecule has 0 aromatic carbocycles. The summed E-state index contributed by atoms with van der Waals surface area (Å²) < 4.78 is 1.68. The fourth-order valence-electron chi connectivity index (χ4n) is 1.35. The quantitative estimate of drug-likeness (QED) is 0.673. The van der Waals surface area contributed by atoms with E-state index in [1.807, 2.05) is 6.92 Å². The number of aryl methyl sites for hydroxylation is 1. The highest BCUT2D eigenvalue weighted by Gasteiger charge is 2.05. The second-order valence-electron chi connectivity index (χ2n) is 2.62. The van der Waals surface area contributed by atoms with Crippen molar-refractivity contribution < 1.29 is 0 Å². The van der Waals surface area contributed by atoms with E-state index in [2.05, 4.69) is 11.9 Å². The average Bonchev–Trinajstić information content (AvgIpc) is 2.28. The summed E-state index contributed by atoms with van der Waals surface area (Å²) in [5, 5.41) is 0. The van der Waals surface area contributed by atoms with Crippen LogP contribution in [-0.4, -0.2) is 9.55 Å². The predicted octanol–water partition coefficient (Wildman–Crippen LogP) is 0.838. The van der Waals surface area contributed by atoms with Crippen LogP contribution in [0, 0.1) is 0 Å². The van der Waals surface area contributed by atoms with Gasteiger partial charge in [0.1, 0.15) is 0 Å². The lowest BCUT2D eigenvalue weighted by Gasteiger charge is -1.98. The Hall–Kier alpha value is -0.990. The number of rotatable bonds is 2. The molecular formula is C8H14N2O. The molecule has 1 rings (SSSR count). The van der Waals surface area contributed by atoms with Gasteiger partial charge in [0.2, 0.25) is 0 Å². The Bertz CT molecular complexity index is 296. The summed E-state index contributed by atoms with van der Waals surface area (Å²) >= 11 is 0. The maximum absolute atomic E-state index is 11.1. The van der Waals surface area contributed by atoms with E-state index < -0.39 is 0 Å². The fraction of sp³-hybridized carbons (Fsp3) is 0.625. The van der Waals surface area contributed by atoms with E-state index in [4.69, 9.17) is 0 Å². The molecule has 0 atom stereocenters. The highest BCUT2D eigenvalue weighted by atomic mass is 16.1. The van der Waals surface area contributed by atoms with Crippen molar-refractivity contribution in [3.63, 3.8) is 0 Å². The van der Waals surface area contributed by atoms with Crippen molar-refractivity contribution in [1.29, 1.82) is 0 Å². The third-order valence-electron chi connectivity index (χ3n) is 2.00. The normalized spacial score (nSPS) is 10.5. The van der Waals surface area contributed by atoms with Gasteiger partial charge in [0.25, 0.3) is 0 Å². The van der Waals surface area contributed by atoms with Gasteiger partial charge >= 0.3 is 5.69 Å². The molecule has 0 aliphatic rings. The second kappa shape index (κ2) is 2.95. The van der Waals surface area contributed by atoms with Crippen LogP contribution in [-0.2, 0) is 19.9 Å². The van der Waals surface area contributed by atoms with Gasteiger partial charge in [-0.15, -0.1) is 0 Å². The smallest absolute Gasteiger partial charge is 0.310 e. The van der Waals surface area contributed by atoms with Crippen molar-refractivity contribution in [3.05, 3.63) is 21.9 Å². The van der Waals surface area contributed by atoms with Crippen LogP contribution >= 0.6 is 0 Å². The SMILES string of the molecule is CCc1[nH]c(=O)n(C)c1CC. The molecule has 0 radical (unpaired) electrons. The third-order valence-corrected chi connectivity index (χ3v) is 2.00. The number of aromatic nitrogens is 2. The topological polar surface area (TPSA) is 37.8 Å². The molecule has 0 fully saturated rings. The summed E-state index contributed by atoms with van der Waals surface area (Å²) in [7, 11) is 1.80. The number of aromatic amines is 1. The van der Waals surface area contributed by atoms with Crippen molar-refractivity contribution >= 4 is 0 Å². The van der Waals surface area contributed by atoms with E-state index in [9.17, 15) is 4.79 Å². The molecule has 3 heteroatoms. The van der Waals surface area contributed by atoms with Crippen LogP contribution in [0.4, 0.5) is 0 Å². The van der Waals surface area contributed by atoms with Crippen LogP contribution in [0.15, 0.2) is 4.79 Å². The predicted molar refractivity (Wildman–Crippen MR) is 44.8 cm³/mol. The highest BCUT2D eigenvalue weighted by Crippen LogP contribution is 2.03. The summed E-state index contributed by atoms with van der Waals surface area (Å²) in [4.78, 5) is 13.9. The van der Waals surface area contributed by atoms with Crippen molar-refractivity contribution in [3.8, 4) is 0 Å². The Morgan fingerprint density at radius 1 is 1.36 bits per heavy atom. The lowest BCUT2D eigenvalue weighted by atomic mass is 10.2. The molecule has 0 aliphatic carbocycles. The maximum Gasteiger partial charge on any atom is 0.325 e. The van der Waals surface area contributed by atoms with Gasteiger partial charge in [-0.2, -0.15) is 0 Å². The van der Waals surface area contributed by atoms with Gasteiger partial charge in [0.05, 0.1) is 0 Å². The minimum Gasteiger partial charge on any atom is -0.310 e. The molecule has 0 saturated carbocycles. The highest BCUT2D eigenvalue weighted by molar-refractivity contribution is 5.12. The van der Waals surface area contributed by atoms with Crippen LogP contribution in [0.1, 0.15) is 25.2 Å². The van der Waals surface area contributed by atoms with E-state index in [1.54, 1.807) is 11.6 Å². The van der Waals surface area contributed by atoms with E-state index in [0.717, 1.165) is 24.2 Å². The monoisotopic (exact) mass is 154 g/mol. The number of nitrogens with zero attached hydrogens (tertiary/aromatic N) is 1. The third kappa shape index (κ3) is 1.23. The number of H-pyrrole nitrogens is 1. The maximum atomic E-state index is 11.1. The van der Waals surface area contributed by atoms with Crippen LogP contribution in [0.3, 0.4) is 0 Å². The minimum atomic E-state index is -0.00120. The van der Waals surface area contributed by atoms with Crippen molar-refractivity contribution in [2.75, 3.05) is 0 Å². The first-order valence-electron chi connectivity index (χ1n) is 3.97. The van der Waals surface area contributed by atoms with Crippen molar-refractivity contribution in [1.82, 2.24) is 9.55 Å². The molecular weight excluding hydrogens is 140 g/mol. The summed E-state index contributed by atoms with van der Waals surface area (Å²) in [5.74, 6) is 0. The molecule has 62 valence electrons. The van der Waals surface area contributed by atoms with E-state index in [1.165, 1.54) is 0 Å². The van der Waals surface area contributed by atoms with Gasteiger partial charge in [-0.3, -0.25) is 4.57 Å². The van der Waals surface area contributed by atoms with E-state index in [0.29, 0.717) is 0 Å². The number of hydrogen-bond acceptors (Lipinski definition) is 1. The second-order valence-corrected chi connectivity index (χ2v) is 2.62. The van der Waals surface area contributed by atoms with Gasteiger partial charge in [-0.05, 0) is 12.8 Å². The van der Waals surface area contributed by atoms with Gasteiger partial charge in [-0.25, -0.2) is 4.79 Å². The van der Waals surface area contributed by atoms with Crippen molar-refractivity contribution in [2.45, 2.75) is 26.7 Å². The zero-order chi connectivity index (χ0) is 8.43. The molecule has 0 spiro atoms. The summed E-state index contributed by atoms with van der Waals surface area (Å²) in [6.07, 6.45) is 1.82. The van der Waals surface area contributed by atoms with Gasteiger partial charge < -0.3 is 4.98 Å². The van der Waals surface area contributed by atoms with Crippen molar-refractivity contribution in [2.24, 2.45) is 7.05 Å². The summed E-state index contributed by atoms with van der Waals surface area (Å²) in [5.41, 5.74) is 2.19. The molecule has 0 bridgehead atoms. The Kier molecular flexibility index (Phi) is 2.17. The Balaban J connectivity index is 3.26. The summed E-state index contributed by atoms with van der Waals surface area (Å²) in [6.45, 7) is 4.10. The molecule has 0 aliphatic heterocycles. The van der Waals surface area contributed by atoms with Crippen LogP contribution in [0.25, 0.3) is 0 Å². The Labute approximate surface area is 66.1 Å². The lowest BCUT2D eigenvalue weighted by molar-refractivity contribution is 0.794. The van der Waals surface area contributed by atoms with Gasteiger partial charge in [0.15, 0.2) is 0 Å². The molecule has 1 aromatic heterocycles. The Morgan fingerprint density at radius 3 is 2.36 bits per heavy atom. The molecule has 11 heavy (non-hydrogen) atoms. The van der Waals surface area contributed by atoms with Crippen LogP contribution < -0.4 is 5.69 Å². The average molecular weight is 154 g/mol. The molecule has 1 heterocycles. The zero-order valence-electron chi connectivity index (χ0n) is 7.27. The molecule has 3 nitrogen and oxygen atoms in total. The first-order chi connectivity index (χ1) is 5.20. The van der Waals surface area contributed by atoms with Crippen LogP contribution in [0.5, 0.6) is 0 Å². The van der Waals surface area contributed by atoms with Crippen LogP contribution in [0.2, 0.25) is 0 Å². The first kappa shape index (κ1) is 8.11. The number of imidazole rings is 1. The molecule has 0 saturated heterocycles.